The summed E-state index contributed by atoms with van der Waals surface area (Å²) in [5, 5.41) is 9.48. The van der Waals surface area contributed by atoms with Gasteiger partial charge in [0.15, 0.2) is 11.5 Å². The number of aldehydes is 1. The number of phenols is 1. The minimum absolute atomic E-state index is 0.0592. The minimum atomic E-state index is 0.0592. The molecule has 0 fully saturated rings. The van der Waals surface area contributed by atoms with Gasteiger partial charge in [0.2, 0.25) is 0 Å². The summed E-state index contributed by atoms with van der Waals surface area (Å²) >= 11 is 0. The van der Waals surface area contributed by atoms with Gasteiger partial charge < -0.3 is 9.84 Å². The van der Waals surface area contributed by atoms with Crippen LogP contribution in [-0.2, 0) is 6.42 Å². The van der Waals surface area contributed by atoms with E-state index in [2.05, 4.69) is 0 Å². The third-order valence-corrected chi connectivity index (χ3v) is 2.13. The Labute approximate surface area is 76.0 Å². The largest absolute Gasteiger partial charge is 0.504 e. The van der Waals surface area contributed by atoms with Crippen LogP contribution < -0.4 is 4.74 Å². The fourth-order valence-electron chi connectivity index (χ4n) is 1.60. The van der Waals surface area contributed by atoms with E-state index in [-0.39, 0.29) is 11.9 Å². The summed E-state index contributed by atoms with van der Waals surface area (Å²) < 4.78 is 5.37. The SMILES string of the molecule is CC1Cc2cc(C=O)cc(O)c2O1. The fraction of sp³-hybridized carbons (Fsp3) is 0.300. The highest BCUT2D eigenvalue weighted by Crippen LogP contribution is 2.37. The van der Waals surface area contributed by atoms with Gasteiger partial charge >= 0.3 is 0 Å². The van der Waals surface area contributed by atoms with Crippen molar-refractivity contribution in [1.29, 1.82) is 0 Å². The zero-order valence-corrected chi connectivity index (χ0v) is 7.28. The van der Waals surface area contributed by atoms with E-state index in [0.29, 0.717) is 11.3 Å². The van der Waals surface area contributed by atoms with Crippen LogP contribution >= 0.6 is 0 Å². The monoisotopic (exact) mass is 178 g/mol. The predicted molar refractivity (Wildman–Crippen MR) is 47.3 cm³/mol. The van der Waals surface area contributed by atoms with Gasteiger partial charge in [-0.1, -0.05) is 0 Å². The van der Waals surface area contributed by atoms with Crippen LogP contribution in [0.15, 0.2) is 12.1 Å². The summed E-state index contributed by atoms with van der Waals surface area (Å²) in [7, 11) is 0. The van der Waals surface area contributed by atoms with Crippen molar-refractivity contribution in [3.8, 4) is 11.5 Å². The van der Waals surface area contributed by atoms with Gasteiger partial charge in [0, 0.05) is 17.5 Å². The Morgan fingerprint density at radius 3 is 3.08 bits per heavy atom. The number of aromatic hydroxyl groups is 1. The molecule has 68 valence electrons. The first-order chi connectivity index (χ1) is 6.20. The van der Waals surface area contributed by atoms with Crippen LogP contribution in [0.1, 0.15) is 22.8 Å². The van der Waals surface area contributed by atoms with Gasteiger partial charge in [-0.05, 0) is 19.1 Å². The molecule has 0 amide bonds. The summed E-state index contributed by atoms with van der Waals surface area (Å²) in [4.78, 5) is 10.5. The lowest BCUT2D eigenvalue weighted by Gasteiger charge is -2.04. The van der Waals surface area contributed by atoms with Crippen molar-refractivity contribution in [2.45, 2.75) is 19.4 Å². The standard InChI is InChI=1S/C10H10O3/c1-6-2-8-3-7(5-11)4-9(12)10(8)13-6/h3-6,12H,2H2,1H3. The molecule has 1 aliphatic rings. The molecular formula is C10H10O3. The molecule has 1 aliphatic heterocycles. The average Bonchev–Trinajstić information content (AvgIpc) is 2.46. The zero-order valence-electron chi connectivity index (χ0n) is 7.28. The van der Waals surface area contributed by atoms with Gasteiger partial charge in [-0.15, -0.1) is 0 Å². The van der Waals surface area contributed by atoms with E-state index in [1.807, 2.05) is 6.92 Å². The number of ether oxygens (including phenoxy) is 1. The molecule has 0 spiro atoms. The third kappa shape index (κ3) is 1.26. The van der Waals surface area contributed by atoms with E-state index in [0.717, 1.165) is 18.3 Å². The maximum absolute atomic E-state index is 10.5. The summed E-state index contributed by atoms with van der Waals surface area (Å²) in [5.74, 6) is 0.585. The number of phenolic OH excluding ortho intramolecular Hbond substituents is 1. The minimum Gasteiger partial charge on any atom is -0.504 e. The highest BCUT2D eigenvalue weighted by molar-refractivity contribution is 5.77. The van der Waals surface area contributed by atoms with Gasteiger partial charge in [-0.2, -0.15) is 0 Å². The molecular weight excluding hydrogens is 168 g/mol. The number of rotatable bonds is 1. The second-order valence-electron chi connectivity index (χ2n) is 3.28. The van der Waals surface area contributed by atoms with Gasteiger partial charge in [-0.3, -0.25) is 4.79 Å². The van der Waals surface area contributed by atoms with E-state index >= 15 is 0 Å². The molecule has 2 rings (SSSR count). The van der Waals surface area contributed by atoms with Crippen molar-refractivity contribution >= 4 is 6.29 Å². The van der Waals surface area contributed by atoms with Crippen molar-refractivity contribution in [2.24, 2.45) is 0 Å². The molecule has 1 unspecified atom stereocenters. The van der Waals surface area contributed by atoms with Crippen LogP contribution in [0.3, 0.4) is 0 Å². The average molecular weight is 178 g/mol. The van der Waals surface area contributed by atoms with Crippen LogP contribution in [0.5, 0.6) is 11.5 Å². The Bertz CT molecular complexity index is 357. The maximum Gasteiger partial charge on any atom is 0.164 e. The molecule has 1 heterocycles. The van der Waals surface area contributed by atoms with Gasteiger partial charge in [-0.25, -0.2) is 0 Å². The van der Waals surface area contributed by atoms with Gasteiger partial charge in [0.05, 0.1) is 0 Å². The Morgan fingerprint density at radius 2 is 2.38 bits per heavy atom. The first-order valence-corrected chi connectivity index (χ1v) is 4.18. The fourth-order valence-corrected chi connectivity index (χ4v) is 1.60. The molecule has 0 saturated carbocycles. The van der Waals surface area contributed by atoms with E-state index in [1.165, 1.54) is 6.07 Å². The number of hydrogen-bond acceptors (Lipinski definition) is 3. The molecule has 3 nitrogen and oxygen atoms in total. The van der Waals surface area contributed by atoms with Crippen molar-refractivity contribution < 1.29 is 14.6 Å². The molecule has 1 aromatic carbocycles. The molecule has 0 aliphatic carbocycles. The number of carbonyl (C=O) groups is 1. The number of carbonyl (C=O) groups excluding carboxylic acids is 1. The second-order valence-corrected chi connectivity index (χ2v) is 3.28. The molecule has 0 bridgehead atoms. The predicted octanol–water partition coefficient (Wildman–Crippen LogP) is 1.53. The molecule has 0 saturated heterocycles. The van der Waals surface area contributed by atoms with E-state index in [1.54, 1.807) is 6.07 Å². The van der Waals surface area contributed by atoms with Crippen molar-refractivity contribution in [1.82, 2.24) is 0 Å². The number of fused-ring (bicyclic) bond motifs is 1. The molecule has 0 radical (unpaired) electrons. The first kappa shape index (κ1) is 8.10. The molecule has 0 aromatic heterocycles. The molecule has 1 aromatic rings. The van der Waals surface area contributed by atoms with Gasteiger partial charge in [0.25, 0.3) is 0 Å². The molecule has 1 N–H and O–H groups in total. The van der Waals surface area contributed by atoms with E-state index < -0.39 is 0 Å². The first-order valence-electron chi connectivity index (χ1n) is 4.18. The maximum atomic E-state index is 10.5. The van der Waals surface area contributed by atoms with Crippen LogP contribution in [0.25, 0.3) is 0 Å². The van der Waals surface area contributed by atoms with Crippen molar-refractivity contribution in [3.05, 3.63) is 23.3 Å². The number of hydrogen-bond donors (Lipinski definition) is 1. The zero-order chi connectivity index (χ0) is 9.42. The van der Waals surface area contributed by atoms with E-state index in [9.17, 15) is 9.90 Å². The lowest BCUT2D eigenvalue weighted by molar-refractivity contribution is 0.112. The summed E-state index contributed by atoms with van der Waals surface area (Å²) in [6, 6.07) is 3.18. The quantitative estimate of drug-likeness (QED) is 0.663. The van der Waals surface area contributed by atoms with Crippen LogP contribution in [-0.4, -0.2) is 17.5 Å². The lowest BCUT2D eigenvalue weighted by atomic mass is 10.1. The Kier molecular flexibility index (Phi) is 1.72. The second kappa shape index (κ2) is 2.76. The Morgan fingerprint density at radius 1 is 1.62 bits per heavy atom. The van der Waals surface area contributed by atoms with Crippen LogP contribution in [0.2, 0.25) is 0 Å². The van der Waals surface area contributed by atoms with Crippen molar-refractivity contribution in [2.75, 3.05) is 0 Å². The van der Waals surface area contributed by atoms with Gasteiger partial charge in [0.1, 0.15) is 12.4 Å². The van der Waals surface area contributed by atoms with E-state index in [4.69, 9.17) is 4.74 Å². The smallest absolute Gasteiger partial charge is 0.164 e. The van der Waals surface area contributed by atoms with Crippen molar-refractivity contribution in [3.63, 3.8) is 0 Å². The highest BCUT2D eigenvalue weighted by atomic mass is 16.5. The Hall–Kier alpha value is -1.51. The molecule has 1 atom stereocenters. The number of benzene rings is 1. The van der Waals surface area contributed by atoms with Crippen LogP contribution in [0.4, 0.5) is 0 Å². The third-order valence-electron chi connectivity index (χ3n) is 2.13. The summed E-state index contributed by atoms with van der Waals surface area (Å²) in [6.45, 7) is 1.93. The normalized spacial score (nSPS) is 19.3. The molecule has 13 heavy (non-hydrogen) atoms. The van der Waals surface area contributed by atoms with Crippen LogP contribution in [0, 0.1) is 0 Å². The summed E-state index contributed by atoms with van der Waals surface area (Å²) in [5.41, 5.74) is 1.41. The highest BCUT2D eigenvalue weighted by Gasteiger charge is 2.22. The molecule has 3 heteroatoms. The topological polar surface area (TPSA) is 46.5 Å². The Balaban J connectivity index is 2.52. The summed E-state index contributed by atoms with van der Waals surface area (Å²) in [6.07, 6.45) is 1.57. The lowest BCUT2D eigenvalue weighted by Crippen LogP contribution is -2.05.